The minimum Gasteiger partial charge on any atom is -0.505 e. The lowest BCUT2D eigenvalue weighted by atomic mass is 9.69. The van der Waals surface area contributed by atoms with Crippen molar-refractivity contribution >= 4 is 5.69 Å². The number of fused-ring (bicyclic) bond motifs is 2. The highest BCUT2D eigenvalue weighted by atomic mass is 19.1. The molecule has 3 atom stereocenters. The van der Waals surface area contributed by atoms with Crippen LogP contribution >= 0.6 is 0 Å². The Labute approximate surface area is 114 Å². The Morgan fingerprint density at radius 3 is 2.58 bits per heavy atom. The van der Waals surface area contributed by atoms with Gasteiger partial charge in [-0.25, -0.2) is 4.39 Å². The largest absolute Gasteiger partial charge is 0.505 e. The zero-order valence-corrected chi connectivity index (χ0v) is 11.8. The number of anilines is 1. The molecule has 104 valence electrons. The minimum absolute atomic E-state index is 0.270. The first-order valence-electron chi connectivity index (χ1n) is 7.09. The highest BCUT2D eigenvalue weighted by Gasteiger charge is 2.61. The van der Waals surface area contributed by atoms with Gasteiger partial charge in [0.2, 0.25) is 0 Å². The van der Waals surface area contributed by atoms with E-state index in [1.807, 2.05) is 0 Å². The number of phenols is 1. The second-order valence-corrected chi connectivity index (χ2v) is 6.97. The van der Waals surface area contributed by atoms with Gasteiger partial charge in [-0.3, -0.25) is 0 Å². The maximum atomic E-state index is 13.4. The van der Waals surface area contributed by atoms with Gasteiger partial charge < -0.3 is 10.4 Å². The predicted octanol–water partition coefficient (Wildman–Crippen LogP) is 4.16. The van der Waals surface area contributed by atoms with Crippen LogP contribution in [0, 0.1) is 22.6 Å². The maximum Gasteiger partial charge on any atom is 0.166 e. The molecule has 3 rings (SSSR count). The Morgan fingerprint density at radius 1 is 1.32 bits per heavy atom. The number of aromatic hydroxyl groups is 1. The van der Waals surface area contributed by atoms with Crippen LogP contribution in [0.3, 0.4) is 0 Å². The van der Waals surface area contributed by atoms with Crippen molar-refractivity contribution < 1.29 is 9.50 Å². The monoisotopic (exact) mass is 263 g/mol. The normalized spacial score (nSPS) is 35.6. The molecular formula is C16H22FNO. The van der Waals surface area contributed by atoms with Crippen molar-refractivity contribution in [1.29, 1.82) is 0 Å². The second-order valence-electron chi connectivity index (χ2n) is 6.97. The van der Waals surface area contributed by atoms with E-state index >= 15 is 0 Å². The topological polar surface area (TPSA) is 32.3 Å². The third-order valence-electron chi connectivity index (χ3n) is 6.08. The van der Waals surface area contributed by atoms with Gasteiger partial charge in [0, 0.05) is 17.8 Å². The lowest BCUT2D eigenvalue weighted by Crippen LogP contribution is -2.40. The summed E-state index contributed by atoms with van der Waals surface area (Å²) in [6.45, 7) is 7.09. The number of rotatable bonds is 2. The highest BCUT2D eigenvalue weighted by Crippen LogP contribution is 2.65. The Morgan fingerprint density at radius 2 is 2.05 bits per heavy atom. The van der Waals surface area contributed by atoms with Gasteiger partial charge in [0.1, 0.15) is 0 Å². The summed E-state index contributed by atoms with van der Waals surface area (Å²) in [7, 11) is 0. The molecule has 0 heterocycles. The van der Waals surface area contributed by atoms with Crippen LogP contribution in [0.15, 0.2) is 18.2 Å². The second kappa shape index (κ2) is 3.87. The van der Waals surface area contributed by atoms with E-state index in [0.717, 1.165) is 18.0 Å². The average Bonchev–Trinajstić information content (AvgIpc) is 2.67. The summed E-state index contributed by atoms with van der Waals surface area (Å²) in [5.74, 6) is -0.0837. The van der Waals surface area contributed by atoms with Crippen LogP contribution in [0.1, 0.15) is 40.0 Å². The van der Waals surface area contributed by atoms with Crippen molar-refractivity contribution in [2.24, 2.45) is 16.7 Å². The van der Waals surface area contributed by atoms with Crippen LogP contribution in [0.5, 0.6) is 5.75 Å². The molecule has 2 saturated carbocycles. The Balaban J connectivity index is 1.84. The molecule has 1 aromatic carbocycles. The molecule has 0 spiro atoms. The molecule has 0 radical (unpaired) electrons. The smallest absolute Gasteiger partial charge is 0.166 e. The summed E-state index contributed by atoms with van der Waals surface area (Å²) in [5, 5.41) is 12.7. The average molecular weight is 263 g/mol. The summed E-state index contributed by atoms with van der Waals surface area (Å²) in [6, 6.07) is 4.95. The third-order valence-corrected chi connectivity index (χ3v) is 6.08. The van der Waals surface area contributed by atoms with E-state index in [-0.39, 0.29) is 11.2 Å². The fourth-order valence-corrected chi connectivity index (χ4v) is 4.22. The van der Waals surface area contributed by atoms with Crippen molar-refractivity contribution in [3.63, 3.8) is 0 Å². The summed E-state index contributed by atoms with van der Waals surface area (Å²) >= 11 is 0. The van der Waals surface area contributed by atoms with E-state index in [2.05, 4.69) is 26.1 Å². The van der Waals surface area contributed by atoms with Crippen molar-refractivity contribution in [3.8, 4) is 5.75 Å². The first-order chi connectivity index (χ1) is 8.84. The molecule has 3 heteroatoms. The summed E-state index contributed by atoms with van der Waals surface area (Å²) in [4.78, 5) is 0. The minimum atomic E-state index is -0.558. The fraction of sp³-hybridized carbons (Fsp3) is 0.625. The van der Waals surface area contributed by atoms with Gasteiger partial charge >= 0.3 is 0 Å². The van der Waals surface area contributed by atoms with Crippen LogP contribution in [-0.2, 0) is 0 Å². The number of hydrogen-bond acceptors (Lipinski definition) is 2. The van der Waals surface area contributed by atoms with Gasteiger partial charge in [0.15, 0.2) is 11.6 Å². The molecule has 0 amide bonds. The van der Waals surface area contributed by atoms with E-state index in [1.54, 1.807) is 6.07 Å². The zero-order chi connectivity index (χ0) is 13.8. The summed E-state index contributed by atoms with van der Waals surface area (Å²) < 4.78 is 13.4. The lowest BCUT2D eigenvalue weighted by molar-refractivity contribution is 0.142. The lowest BCUT2D eigenvalue weighted by Gasteiger charge is -2.40. The SMILES string of the molecule is CC1(C)C2CCC1(C)C(Nc1ccc(O)c(F)c1)C2. The van der Waals surface area contributed by atoms with E-state index in [1.165, 1.54) is 25.0 Å². The summed E-state index contributed by atoms with van der Waals surface area (Å²) in [5.41, 5.74) is 1.39. The van der Waals surface area contributed by atoms with Crippen LogP contribution < -0.4 is 5.32 Å². The molecule has 2 nitrogen and oxygen atoms in total. The van der Waals surface area contributed by atoms with Gasteiger partial charge in [-0.05, 0) is 48.1 Å². The molecular weight excluding hydrogens is 241 g/mol. The first-order valence-corrected chi connectivity index (χ1v) is 7.09. The molecule has 0 aliphatic heterocycles. The molecule has 1 aromatic rings. The predicted molar refractivity (Wildman–Crippen MR) is 74.7 cm³/mol. The van der Waals surface area contributed by atoms with Crippen LogP contribution in [-0.4, -0.2) is 11.1 Å². The molecule has 3 unspecified atom stereocenters. The molecule has 19 heavy (non-hydrogen) atoms. The molecule has 0 aromatic heterocycles. The Bertz CT molecular complexity index is 513. The van der Waals surface area contributed by atoms with Crippen LogP contribution in [0.2, 0.25) is 0 Å². The van der Waals surface area contributed by atoms with Crippen molar-refractivity contribution in [2.75, 3.05) is 5.32 Å². The van der Waals surface area contributed by atoms with Crippen molar-refractivity contribution in [2.45, 2.75) is 46.1 Å². The number of phenolic OH excluding ortho intramolecular Hbond substituents is 1. The quantitative estimate of drug-likeness (QED) is 0.785. The summed E-state index contributed by atoms with van der Waals surface area (Å²) in [6.07, 6.45) is 3.71. The molecule has 2 fully saturated rings. The van der Waals surface area contributed by atoms with E-state index in [9.17, 15) is 9.50 Å². The van der Waals surface area contributed by atoms with Gasteiger partial charge in [-0.2, -0.15) is 0 Å². The maximum absolute atomic E-state index is 13.4. The van der Waals surface area contributed by atoms with Gasteiger partial charge in [0.25, 0.3) is 0 Å². The van der Waals surface area contributed by atoms with Crippen LogP contribution in [0.4, 0.5) is 10.1 Å². The number of benzene rings is 1. The number of nitrogens with one attached hydrogen (secondary N) is 1. The van der Waals surface area contributed by atoms with Gasteiger partial charge in [-0.15, -0.1) is 0 Å². The Kier molecular flexibility index (Phi) is 2.60. The van der Waals surface area contributed by atoms with E-state index in [4.69, 9.17) is 0 Å². The van der Waals surface area contributed by atoms with E-state index in [0.29, 0.717) is 11.5 Å². The first kappa shape index (κ1) is 12.8. The fourth-order valence-electron chi connectivity index (χ4n) is 4.22. The third kappa shape index (κ3) is 1.67. The van der Waals surface area contributed by atoms with Crippen molar-refractivity contribution in [3.05, 3.63) is 24.0 Å². The van der Waals surface area contributed by atoms with Gasteiger partial charge in [-0.1, -0.05) is 20.8 Å². The van der Waals surface area contributed by atoms with Gasteiger partial charge in [0.05, 0.1) is 0 Å². The standard InChI is InChI=1S/C16H22FNO/c1-15(2)10-6-7-16(15,3)14(8-10)18-11-4-5-13(19)12(17)9-11/h4-5,9-10,14,18-19H,6-8H2,1-3H3. The van der Waals surface area contributed by atoms with Crippen LogP contribution in [0.25, 0.3) is 0 Å². The molecule has 2 aliphatic carbocycles. The zero-order valence-electron chi connectivity index (χ0n) is 11.8. The molecule has 2 N–H and O–H groups in total. The molecule has 2 aliphatic rings. The van der Waals surface area contributed by atoms with Crippen molar-refractivity contribution in [1.82, 2.24) is 0 Å². The van der Waals surface area contributed by atoms with E-state index < -0.39 is 5.82 Å². The molecule has 2 bridgehead atoms. The number of hydrogen-bond donors (Lipinski definition) is 2. The highest BCUT2D eigenvalue weighted by molar-refractivity contribution is 5.48. The Hall–Kier alpha value is -1.25. The number of halogens is 1. The molecule has 0 saturated heterocycles.